The van der Waals surface area contributed by atoms with Crippen LogP contribution >= 0.6 is 0 Å². The van der Waals surface area contributed by atoms with E-state index in [-0.39, 0.29) is 5.92 Å². The number of carboxylic acid groups (broad SMARTS) is 1. The number of allylic oxidation sites excluding steroid dienone is 2. The summed E-state index contributed by atoms with van der Waals surface area (Å²) in [6.45, 7) is 2.04. The molecule has 0 amide bonds. The molecule has 0 rings (SSSR count). The maximum Gasteiger partial charge on any atom is 0.306 e. The lowest BCUT2D eigenvalue weighted by Gasteiger charge is -2.00. The summed E-state index contributed by atoms with van der Waals surface area (Å²) < 4.78 is 0. The number of hydrogen-bond donors (Lipinski definition) is 2. The maximum absolute atomic E-state index is 10.5. The van der Waals surface area contributed by atoms with Gasteiger partial charge in [0, 0.05) is 6.61 Å². The first-order valence-electron chi connectivity index (χ1n) is 6.67. The molecule has 0 heterocycles. The van der Waals surface area contributed by atoms with Crippen molar-refractivity contribution < 1.29 is 15.0 Å². The van der Waals surface area contributed by atoms with Crippen LogP contribution in [0.25, 0.3) is 0 Å². The van der Waals surface area contributed by atoms with Crippen LogP contribution < -0.4 is 0 Å². The summed E-state index contributed by atoms with van der Waals surface area (Å²) >= 11 is 0. The molecule has 1 atom stereocenters. The summed E-state index contributed by atoms with van der Waals surface area (Å²) in [6, 6.07) is 0. The van der Waals surface area contributed by atoms with E-state index in [9.17, 15) is 4.79 Å². The normalized spacial score (nSPS) is 13.1. The van der Waals surface area contributed by atoms with Gasteiger partial charge in [-0.1, -0.05) is 44.8 Å². The smallest absolute Gasteiger partial charge is 0.306 e. The van der Waals surface area contributed by atoms with Gasteiger partial charge >= 0.3 is 5.97 Å². The predicted molar refractivity (Wildman–Crippen MR) is 70.0 cm³/mol. The van der Waals surface area contributed by atoms with E-state index in [1.165, 1.54) is 25.7 Å². The van der Waals surface area contributed by atoms with Crippen molar-refractivity contribution in [3.05, 3.63) is 12.2 Å². The number of unbranched alkanes of at least 4 members (excludes halogenated alkanes) is 6. The van der Waals surface area contributed by atoms with Crippen LogP contribution in [0.2, 0.25) is 0 Å². The molecule has 0 spiro atoms. The fourth-order valence-corrected chi connectivity index (χ4v) is 1.60. The highest BCUT2D eigenvalue weighted by molar-refractivity contribution is 5.69. The molecule has 0 saturated heterocycles. The van der Waals surface area contributed by atoms with E-state index in [1.807, 2.05) is 6.08 Å². The maximum atomic E-state index is 10.5. The van der Waals surface area contributed by atoms with Gasteiger partial charge in [-0.05, 0) is 25.7 Å². The van der Waals surface area contributed by atoms with Crippen LogP contribution in [-0.2, 0) is 4.79 Å². The first kappa shape index (κ1) is 16.2. The number of aliphatic hydroxyl groups excluding tert-OH is 1. The molecule has 0 bridgehead atoms. The van der Waals surface area contributed by atoms with Crippen molar-refractivity contribution in [2.45, 2.75) is 58.3 Å². The number of carboxylic acids is 1. The molecule has 0 fully saturated rings. The quantitative estimate of drug-likeness (QED) is 0.431. The van der Waals surface area contributed by atoms with Crippen molar-refractivity contribution in [1.82, 2.24) is 0 Å². The summed E-state index contributed by atoms with van der Waals surface area (Å²) in [5.41, 5.74) is 0. The van der Waals surface area contributed by atoms with Gasteiger partial charge in [0.1, 0.15) is 0 Å². The van der Waals surface area contributed by atoms with Crippen molar-refractivity contribution in [1.29, 1.82) is 0 Å². The molecular weight excluding hydrogens is 216 g/mol. The van der Waals surface area contributed by atoms with Crippen molar-refractivity contribution in [2.24, 2.45) is 5.92 Å². The van der Waals surface area contributed by atoms with E-state index in [2.05, 4.69) is 6.08 Å². The van der Waals surface area contributed by atoms with E-state index < -0.39 is 5.97 Å². The van der Waals surface area contributed by atoms with Crippen molar-refractivity contribution in [3.63, 3.8) is 0 Å². The summed E-state index contributed by atoms with van der Waals surface area (Å²) in [6.07, 6.45) is 12.6. The zero-order valence-electron chi connectivity index (χ0n) is 10.9. The van der Waals surface area contributed by atoms with Gasteiger partial charge in [-0.15, -0.1) is 0 Å². The second-order valence-electron chi connectivity index (χ2n) is 4.58. The highest BCUT2D eigenvalue weighted by Gasteiger charge is 2.06. The molecular formula is C14H26O3. The topological polar surface area (TPSA) is 57.5 Å². The molecule has 0 aromatic heterocycles. The third-order valence-corrected chi connectivity index (χ3v) is 2.86. The van der Waals surface area contributed by atoms with E-state index in [4.69, 9.17) is 10.2 Å². The average molecular weight is 242 g/mol. The molecule has 1 unspecified atom stereocenters. The van der Waals surface area contributed by atoms with Crippen LogP contribution in [-0.4, -0.2) is 22.8 Å². The average Bonchev–Trinajstić information content (AvgIpc) is 2.31. The molecule has 0 aromatic carbocycles. The van der Waals surface area contributed by atoms with Gasteiger partial charge in [-0.2, -0.15) is 0 Å². The first-order chi connectivity index (χ1) is 8.18. The largest absolute Gasteiger partial charge is 0.481 e. The zero-order chi connectivity index (χ0) is 12.9. The Labute approximate surface area is 105 Å². The number of aliphatic carboxylic acids is 1. The van der Waals surface area contributed by atoms with Crippen molar-refractivity contribution in [3.8, 4) is 0 Å². The van der Waals surface area contributed by atoms with E-state index in [0.29, 0.717) is 13.0 Å². The standard InChI is InChI=1S/C14H26O3/c1-13(14(16)17)11-9-7-5-3-2-4-6-8-10-12-15/h7,9,13,15H,2-6,8,10-12H2,1H3,(H,16,17). The van der Waals surface area contributed by atoms with Gasteiger partial charge in [0.25, 0.3) is 0 Å². The third-order valence-electron chi connectivity index (χ3n) is 2.86. The Morgan fingerprint density at radius 2 is 1.65 bits per heavy atom. The van der Waals surface area contributed by atoms with Crippen molar-refractivity contribution in [2.75, 3.05) is 6.61 Å². The lowest BCUT2D eigenvalue weighted by atomic mass is 10.1. The Morgan fingerprint density at radius 3 is 2.24 bits per heavy atom. The van der Waals surface area contributed by atoms with Crippen LogP contribution in [0.15, 0.2) is 12.2 Å². The van der Waals surface area contributed by atoms with Gasteiger partial charge in [0.15, 0.2) is 0 Å². The molecule has 0 radical (unpaired) electrons. The molecule has 17 heavy (non-hydrogen) atoms. The van der Waals surface area contributed by atoms with E-state index in [1.54, 1.807) is 6.92 Å². The Hall–Kier alpha value is -0.830. The molecule has 3 nitrogen and oxygen atoms in total. The summed E-state index contributed by atoms with van der Waals surface area (Å²) in [7, 11) is 0. The first-order valence-corrected chi connectivity index (χ1v) is 6.67. The number of aliphatic hydroxyl groups is 1. The molecule has 0 aromatic rings. The van der Waals surface area contributed by atoms with Gasteiger partial charge in [-0.3, -0.25) is 4.79 Å². The summed E-state index contributed by atoms with van der Waals surface area (Å²) in [5, 5.41) is 17.3. The minimum Gasteiger partial charge on any atom is -0.481 e. The predicted octanol–water partition coefficient (Wildman–Crippen LogP) is 3.38. The summed E-state index contributed by atoms with van der Waals surface area (Å²) in [4.78, 5) is 10.5. The molecule has 0 aliphatic carbocycles. The number of hydrogen-bond acceptors (Lipinski definition) is 2. The number of carbonyl (C=O) groups is 1. The monoisotopic (exact) mass is 242 g/mol. The minimum atomic E-state index is -0.724. The molecule has 100 valence electrons. The lowest BCUT2D eigenvalue weighted by molar-refractivity contribution is -0.140. The molecule has 3 heteroatoms. The number of rotatable bonds is 11. The van der Waals surface area contributed by atoms with Crippen LogP contribution in [0, 0.1) is 5.92 Å². The van der Waals surface area contributed by atoms with E-state index >= 15 is 0 Å². The highest BCUT2D eigenvalue weighted by atomic mass is 16.4. The van der Waals surface area contributed by atoms with Crippen LogP contribution in [0.3, 0.4) is 0 Å². The second kappa shape index (κ2) is 11.6. The van der Waals surface area contributed by atoms with Gasteiger partial charge in [0.2, 0.25) is 0 Å². The third kappa shape index (κ3) is 11.4. The fourth-order valence-electron chi connectivity index (χ4n) is 1.60. The van der Waals surface area contributed by atoms with Gasteiger partial charge in [0.05, 0.1) is 5.92 Å². The van der Waals surface area contributed by atoms with Gasteiger partial charge in [-0.25, -0.2) is 0 Å². The Kier molecular flexibility index (Phi) is 11.1. The molecule has 0 aliphatic rings. The van der Waals surface area contributed by atoms with E-state index in [0.717, 1.165) is 19.3 Å². The lowest BCUT2D eigenvalue weighted by Crippen LogP contribution is -2.07. The Morgan fingerprint density at radius 1 is 1.06 bits per heavy atom. The minimum absolute atomic E-state index is 0.273. The fraction of sp³-hybridized carbons (Fsp3) is 0.786. The van der Waals surface area contributed by atoms with Crippen LogP contribution in [0.1, 0.15) is 58.3 Å². The van der Waals surface area contributed by atoms with Gasteiger partial charge < -0.3 is 10.2 Å². The molecule has 0 aliphatic heterocycles. The Bertz CT molecular complexity index is 212. The zero-order valence-corrected chi connectivity index (χ0v) is 10.9. The molecule has 2 N–H and O–H groups in total. The second-order valence-corrected chi connectivity index (χ2v) is 4.58. The van der Waals surface area contributed by atoms with Crippen LogP contribution in [0.4, 0.5) is 0 Å². The summed E-state index contributed by atoms with van der Waals surface area (Å²) in [5.74, 6) is -0.997. The Balaban J connectivity index is 3.22. The highest BCUT2D eigenvalue weighted by Crippen LogP contribution is 2.08. The molecule has 0 saturated carbocycles. The van der Waals surface area contributed by atoms with Crippen LogP contribution in [0.5, 0.6) is 0 Å². The SMILES string of the molecule is CC(CC=CCCCCCCCCO)C(=O)O. The van der Waals surface area contributed by atoms with Crippen molar-refractivity contribution >= 4 is 5.97 Å².